The van der Waals surface area contributed by atoms with Gasteiger partial charge in [-0.25, -0.2) is 0 Å². The van der Waals surface area contributed by atoms with Crippen molar-refractivity contribution in [2.45, 2.75) is 67.5 Å². The fourth-order valence-corrected chi connectivity index (χ4v) is 6.48. The molecule has 0 radical (unpaired) electrons. The molecule has 0 spiro atoms. The van der Waals surface area contributed by atoms with Gasteiger partial charge in [-0.15, -0.1) is 0 Å². The van der Waals surface area contributed by atoms with E-state index in [4.69, 9.17) is 0 Å². The summed E-state index contributed by atoms with van der Waals surface area (Å²) in [4.78, 5) is 2.52. The van der Waals surface area contributed by atoms with Gasteiger partial charge in [0.1, 0.15) is 6.54 Å². The molecule has 0 fully saturated rings. The van der Waals surface area contributed by atoms with E-state index in [0.29, 0.717) is 0 Å². The van der Waals surface area contributed by atoms with Gasteiger partial charge in [0, 0.05) is 29.9 Å². The molecule has 0 aliphatic rings. The van der Waals surface area contributed by atoms with Crippen LogP contribution in [0, 0.1) is 27.7 Å². The van der Waals surface area contributed by atoms with E-state index in [1.165, 1.54) is 75.8 Å². The molecule has 2 nitrogen and oxygen atoms in total. The average Bonchev–Trinajstić information content (AvgIpc) is 2.92. The second kappa shape index (κ2) is 13.3. The second-order valence-electron chi connectivity index (χ2n) is 11.9. The van der Waals surface area contributed by atoms with E-state index in [0.717, 1.165) is 36.2 Å². The Morgan fingerprint density at radius 3 is 1.90 bits per heavy atom. The maximum atomic E-state index is 4.67. The molecule has 4 rings (SSSR count). The van der Waals surface area contributed by atoms with Crippen LogP contribution in [0.15, 0.2) is 85.4 Å². The summed E-state index contributed by atoms with van der Waals surface area (Å²) in [6, 6.07) is 29.2. The maximum Gasteiger partial charge on any atom is 0.104 e. The lowest BCUT2D eigenvalue weighted by atomic mass is 10.0. The molecule has 0 saturated heterocycles. The molecule has 0 aromatic heterocycles. The molecule has 2 heteroatoms. The predicted molar refractivity (Wildman–Crippen MR) is 174 cm³/mol. The molecule has 0 N–H and O–H groups in total. The molecule has 210 valence electrons. The van der Waals surface area contributed by atoms with Crippen LogP contribution >= 0.6 is 0 Å². The molecule has 0 amide bonds. The van der Waals surface area contributed by atoms with Crippen LogP contribution < -0.4 is 0 Å². The van der Waals surface area contributed by atoms with Gasteiger partial charge >= 0.3 is 0 Å². The Morgan fingerprint density at radius 2 is 1.27 bits per heavy atom. The van der Waals surface area contributed by atoms with Crippen LogP contribution in [0.2, 0.25) is 0 Å². The van der Waals surface area contributed by atoms with Gasteiger partial charge < -0.3 is 9.38 Å². The van der Waals surface area contributed by atoms with Crippen LogP contribution in [0.4, 0.5) is 0 Å². The molecule has 4 aromatic carbocycles. The topological polar surface area (TPSA) is 3.24 Å². The normalized spacial score (nSPS) is 11.7. The highest BCUT2D eigenvalue weighted by Crippen LogP contribution is 2.28. The summed E-state index contributed by atoms with van der Waals surface area (Å²) in [7, 11) is 0. The molecular weight excluding hydrogens is 484 g/mol. The number of hydrogen-bond acceptors (Lipinski definition) is 1. The smallest absolute Gasteiger partial charge is 0.104 e. The van der Waals surface area contributed by atoms with E-state index in [-0.39, 0.29) is 0 Å². The Bertz CT molecular complexity index is 1400. The van der Waals surface area contributed by atoms with E-state index in [2.05, 4.69) is 132 Å². The Hall–Kier alpha value is -3.36. The minimum Gasteiger partial charge on any atom is -0.367 e. The first-order valence-corrected chi connectivity index (χ1v) is 15.1. The van der Waals surface area contributed by atoms with Crippen molar-refractivity contribution in [2.75, 3.05) is 26.2 Å². The quantitative estimate of drug-likeness (QED) is 0.122. The van der Waals surface area contributed by atoms with Crippen molar-refractivity contribution in [3.63, 3.8) is 0 Å². The monoisotopic (exact) mass is 533 g/mol. The van der Waals surface area contributed by atoms with Crippen LogP contribution in [0.1, 0.15) is 65.6 Å². The van der Waals surface area contributed by atoms with Crippen molar-refractivity contribution in [1.29, 1.82) is 0 Å². The highest BCUT2D eigenvalue weighted by Gasteiger charge is 2.24. The third kappa shape index (κ3) is 7.43. The van der Waals surface area contributed by atoms with Crippen LogP contribution in [-0.2, 0) is 13.1 Å². The van der Waals surface area contributed by atoms with Gasteiger partial charge in [-0.05, 0) is 70.7 Å². The lowest BCUT2D eigenvalue weighted by molar-refractivity contribution is -0.938. The highest BCUT2D eigenvalue weighted by molar-refractivity contribution is 5.93. The van der Waals surface area contributed by atoms with Crippen molar-refractivity contribution in [3.05, 3.63) is 124 Å². The van der Waals surface area contributed by atoms with Gasteiger partial charge in [-0.2, -0.15) is 0 Å². The average molecular weight is 534 g/mol. The van der Waals surface area contributed by atoms with Gasteiger partial charge in [0.15, 0.2) is 0 Å². The van der Waals surface area contributed by atoms with Crippen molar-refractivity contribution in [2.24, 2.45) is 0 Å². The van der Waals surface area contributed by atoms with E-state index in [9.17, 15) is 0 Å². The first kappa shape index (κ1) is 29.6. The van der Waals surface area contributed by atoms with E-state index >= 15 is 0 Å². The summed E-state index contributed by atoms with van der Waals surface area (Å²) in [5, 5.41) is 2.55. The summed E-state index contributed by atoms with van der Waals surface area (Å²) in [5.41, 5.74) is 10.6. The summed E-state index contributed by atoms with van der Waals surface area (Å²) >= 11 is 0. The molecule has 0 bridgehead atoms. The minimum absolute atomic E-state index is 0.884. The summed E-state index contributed by atoms with van der Waals surface area (Å²) in [5.74, 6) is 0. The Balaban J connectivity index is 1.51. The number of nitrogens with zero attached hydrogens (tertiary/aromatic N) is 2. The third-order valence-electron chi connectivity index (χ3n) is 8.59. The minimum atomic E-state index is 0.884. The molecule has 4 aromatic rings. The van der Waals surface area contributed by atoms with Gasteiger partial charge in [-0.3, -0.25) is 0 Å². The summed E-state index contributed by atoms with van der Waals surface area (Å²) < 4.78 is 1.14. The fourth-order valence-electron chi connectivity index (χ4n) is 6.48. The van der Waals surface area contributed by atoms with Crippen molar-refractivity contribution >= 4 is 16.5 Å². The van der Waals surface area contributed by atoms with Crippen LogP contribution in [0.25, 0.3) is 16.5 Å². The van der Waals surface area contributed by atoms with Crippen LogP contribution in [0.3, 0.4) is 0 Å². The maximum absolute atomic E-state index is 4.67. The zero-order valence-electron chi connectivity index (χ0n) is 25.8. The molecule has 0 atom stereocenters. The number of hydrogen-bond donors (Lipinski definition) is 0. The fraction of sp³-hybridized carbons (Fsp3) is 0.368. The molecular formula is C38H49N2+. The van der Waals surface area contributed by atoms with Crippen LogP contribution in [-0.4, -0.2) is 35.6 Å². The summed E-state index contributed by atoms with van der Waals surface area (Å²) in [6.07, 6.45) is 2.36. The SMILES string of the molecule is C=C(c1cccc2ccccc12)N(CCCC[N+](CC)(CC)Cc1cc(C)cc(C)c1)Cc1cc(C)cc(C)c1. The number of rotatable bonds is 13. The lowest BCUT2D eigenvalue weighted by Gasteiger charge is -2.37. The standard InChI is InChI=1S/C38H49N2/c1-8-40(9-2,28-35-25-31(5)22-32(6)26-35)20-13-12-19-39(27-34-23-29(3)21-30(4)24-34)33(7)37-18-14-16-36-15-10-11-17-38(36)37/h10-11,14-18,21-26H,7-9,12-13,19-20,27-28H2,1-6H3/q+1. The largest absolute Gasteiger partial charge is 0.367 e. The third-order valence-corrected chi connectivity index (χ3v) is 8.59. The Morgan fingerprint density at radius 1 is 0.700 bits per heavy atom. The van der Waals surface area contributed by atoms with Gasteiger partial charge in [0.25, 0.3) is 0 Å². The molecule has 0 unspecified atom stereocenters. The molecule has 0 aliphatic heterocycles. The van der Waals surface area contributed by atoms with E-state index < -0.39 is 0 Å². The first-order chi connectivity index (χ1) is 19.2. The van der Waals surface area contributed by atoms with Crippen molar-refractivity contribution in [3.8, 4) is 0 Å². The number of unbranched alkanes of at least 4 members (excludes halogenated alkanes) is 1. The number of quaternary nitrogens is 1. The lowest BCUT2D eigenvalue weighted by Crippen LogP contribution is -2.47. The number of aryl methyl sites for hydroxylation is 4. The van der Waals surface area contributed by atoms with Gasteiger partial charge in [0.05, 0.1) is 19.6 Å². The molecule has 0 aliphatic carbocycles. The van der Waals surface area contributed by atoms with Crippen LogP contribution in [0.5, 0.6) is 0 Å². The predicted octanol–water partition coefficient (Wildman–Crippen LogP) is 9.38. The van der Waals surface area contributed by atoms with E-state index in [1.54, 1.807) is 0 Å². The Kier molecular flexibility index (Phi) is 9.87. The molecule has 40 heavy (non-hydrogen) atoms. The van der Waals surface area contributed by atoms with Gasteiger partial charge in [0.2, 0.25) is 0 Å². The second-order valence-corrected chi connectivity index (χ2v) is 11.9. The van der Waals surface area contributed by atoms with Crippen molar-refractivity contribution in [1.82, 2.24) is 4.90 Å². The highest BCUT2D eigenvalue weighted by atomic mass is 15.3. The first-order valence-electron chi connectivity index (χ1n) is 15.1. The zero-order chi connectivity index (χ0) is 28.7. The Labute approximate surface area is 243 Å². The number of benzene rings is 4. The molecule has 0 saturated carbocycles. The zero-order valence-corrected chi connectivity index (χ0v) is 25.8. The summed E-state index contributed by atoms with van der Waals surface area (Å²) in [6.45, 7) is 24.8. The molecule has 0 heterocycles. The van der Waals surface area contributed by atoms with Crippen molar-refractivity contribution < 1.29 is 4.48 Å². The van der Waals surface area contributed by atoms with E-state index in [1.807, 2.05) is 0 Å². The number of fused-ring (bicyclic) bond motifs is 1. The van der Waals surface area contributed by atoms with Gasteiger partial charge in [-0.1, -0.05) is 108 Å².